The van der Waals surface area contributed by atoms with Crippen molar-refractivity contribution in [2.24, 2.45) is 5.92 Å². The standard InChI is InChI=1S/C11H16N2O.C2H6/c1-8(2)7-13-11(14)10-4-5-12-9(3)6-10;1-2/h4-6,8H,7H2,1-3H3,(H,13,14);1-2H3. The van der Waals surface area contributed by atoms with Gasteiger partial charge in [-0.15, -0.1) is 0 Å². The van der Waals surface area contributed by atoms with Gasteiger partial charge in [-0.05, 0) is 25.0 Å². The monoisotopic (exact) mass is 222 g/mol. The summed E-state index contributed by atoms with van der Waals surface area (Å²) in [6, 6.07) is 3.51. The highest BCUT2D eigenvalue weighted by Crippen LogP contribution is 2.00. The van der Waals surface area contributed by atoms with Gasteiger partial charge in [0.15, 0.2) is 0 Å². The van der Waals surface area contributed by atoms with E-state index in [0.29, 0.717) is 18.0 Å². The number of carbonyl (C=O) groups is 1. The van der Waals surface area contributed by atoms with Crippen LogP contribution in [0.5, 0.6) is 0 Å². The van der Waals surface area contributed by atoms with Crippen LogP contribution in [0, 0.1) is 12.8 Å². The second-order valence-corrected chi connectivity index (χ2v) is 3.79. The van der Waals surface area contributed by atoms with E-state index in [1.165, 1.54) is 0 Å². The first-order chi connectivity index (χ1) is 7.59. The van der Waals surface area contributed by atoms with E-state index in [1.807, 2.05) is 20.8 Å². The van der Waals surface area contributed by atoms with Gasteiger partial charge in [-0.25, -0.2) is 0 Å². The normalized spacial score (nSPS) is 9.38. The van der Waals surface area contributed by atoms with Crippen molar-refractivity contribution in [1.29, 1.82) is 0 Å². The zero-order valence-corrected chi connectivity index (χ0v) is 10.9. The van der Waals surface area contributed by atoms with Crippen LogP contribution < -0.4 is 5.32 Å². The number of rotatable bonds is 3. The van der Waals surface area contributed by atoms with Gasteiger partial charge in [0.1, 0.15) is 0 Å². The predicted molar refractivity (Wildman–Crippen MR) is 67.5 cm³/mol. The molecule has 1 rings (SSSR count). The van der Waals surface area contributed by atoms with E-state index in [2.05, 4.69) is 24.1 Å². The van der Waals surface area contributed by atoms with E-state index in [-0.39, 0.29) is 5.91 Å². The third-order valence-electron chi connectivity index (χ3n) is 1.83. The lowest BCUT2D eigenvalue weighted by Crippen LogP contribution is -2.27. The summed E-state index contributed by atoms with van der Waals surface area (Å²) in [5.74, 6) is 0.450. The van der Waals surface area contributed by atoms with Gasteiger partial charge in [0.05, 0.1) is 0 Å². The summed E-state index contributed by atoms with van der Waals surface area (Å²) in [6.45, 7) is 10.7. The summed E-state index contributed by atoms with van der Waals surface area (Å²) in [6.07, 6.45) is 1.65. The van der Waals surface area contributed by atoms with Gasteiger partial charge in [-0.2, -0.15) is 0 Å². The van der Waals surface area contributed by atoms with Crippen molar-refractivity contribution >= 4 is 5.91 Å². The lowest BCUT2D eigenvalue weighted by molar-refractivity contribution is 0.0949. The molecule has 0 bridgehead atoms. The molecule has 0 fully saturated rings. The number of carbonyl (C=O) groups excluding carboxylic acids is 1. The molecule has 0 unspecified atom stereocenters. The minimum Gasteiger partial charge on any atom is -0.352 e. The molecule has 0 radical (unpaired) electrons. The molecule has 0 saturated carbocycles. The van der Waals surface area contributed by atoms with Crippen molar-refractivity contribution in [3.63, 3.8) is 0 Å². The minimum atomic E-state index is -0.0239. The lowest BCUT2D eigenvalue weighted by Gasteiger charge is -2.07. The molecule has 0 aliphatic carbocycles. The molecule has 0 aromatic carbocycles. The Hall–Kier alpha value is -1.38. The Morgan fingerprint density at radius 3 is 2.56 bits per heavy atom. The van der Waals surface area contributed by atoms with Gasteiger partial charge in [-0.3, -0.25) is 9.78 Å². The summed E-state index contributed by atoms with van der Waals surface area (Å²) in [7, 11) is 0. The molecule has 0 atom stereocenters. The quantitative estimate of drug-likeness (QED) is 0.854. The zero-order chi connectivity index (χ0) is 12.6. The summed E-state index contributed by atoms with van der Waals surface area (Å²) in [5.41, 5.74) is 1.54. The van der Waals surface area contributed by atoms with Crippen molar-refractivity contribution in [2.45, 2.75) is 34.6 Å². The van der Waals surface area contributed by atoms with Crippen LogP contribution in [-0.4, -0.2) is 17.4 Å². The van der Waals surface area contributed by atoms with Crippen molar-refractivity contribution in [3.8, 4) is 0 Å². The fourth-order valence-corrected chi connectivity index (χ4v) is 1.09. The average molecular weight is 222 g/mol. The van der Waals surface area contributed by atoms with Crippen molar-refractivity contribution < 1.29 is 4.79 Å². The molecule has 1 N–H and O–H groups in total. The molecule has 1 aromatic heterocycles. The molecular formula is C13H22N2O. The van der Waals surface area contributed by atoms with Crippen LogP contribution in [0.3, 0.4) is 0 Å². The number of amides is 1. The highest BCUT2D eigenvalue weighted by Gasteiger charge is 2.05. The largest absolute Gasteiger partial charge is 0.352 e. The molecule has 1 aromatic rings. The number of nitrogens with zero attached hydrogens (tertiary/aromatic N) is 1. The Balaban J connectivity index is 0.00000106. The average Bonchev–Trinajstić information content (AvgIpc) is 2.28. The van der Waals surface area contributed by atoms with E-state index >= 15 is 0 Å². The number of hydrogen-bond acceptors (Lipinski definition) is 2. The molecule has 0 aliphatic heterocycles. The third kappa shape index (κ3) is 5.49. The fraction of sp³-hybridized carbons (Fsp3) is 0.538. The van der Waals surface area contributed by atoms with Gasteiger partial charge in [0.25, 0.3) is 5.91 Å². The summed E-state index contributed by atoms with van der Waals surface area (Å²) >= 11 is 0. The Labute approximate surface area is 98.3 Å². The highest BCUT2D eigenvalue weighted by atomic mass is 16.1. The maximum atomic E-state index is 11.6. The van der Waals surface area contributed by atoms with Gasteiger partial charge in [-0.1, -0.05) is 27.7 Å². The van der Waals surface area contributed by atoms with Gasteiger partial charge in [0.2, 0.25) is 0 Å². The maximum absolute atomic E-state index is 11.6. The van der Waals surface area contributed by atoms with Crippen LogP contribution in [0.1, 0.15) is 43.7 Å². The molecule has 0 spiro atoms. The molecule has 3 nitrogen and oxygen atoms in total. The fourth-order valence-electron chi connectivity index (χ4n) is 1.09. The Bertz CT molecular complexity index is 321. The van der Waals surface area contributed by atoms with Crippen LogP contribution in [0.25, 0.3) is 0 Å². The predicted octanol–water partition coefficient (Wildman–Crippen LogP) is 2.80. The SMILES string of the molecule is CC.Cc1cc(C(=O)NCC(C)C)ccn1. The minimum absolute atomic E-state index is 0.0239. The molecule has 0 saturated heterocycles. The number of aryl methyl sites for hydroxylation is 1. The topological polar surface area (TPSA) is 42.0 Å². The van der Waals surface area contributed by atoms with Crippen molar-refractivity contribution in [1.82, 2.24) is 10.3 Å². The molecule has 3 heteroatoms. The maximum Gasteiger partial charge on any atom is 0.251 e. The van der Waals surface area contributed by atoms with Crippen molar-refractivity contribution in [3.05, 3.63) is 29.6 Å². The Morgan fingerprint density at radius 2 is 2.06 bits per heavy atom. The Kier molecular flexibility index (Phi) is 7.18. The smallest absolute Gasteiger partial charge is 0.251 e. The van der Waals surface area contributed by atoms with E-state index in [0.717, 1.165) is 5.69 Å². The molecule has 90 valence electrons. The van der Waals surface area contributed by atoms with E-state index in [4.69, 9.17) is 0 Å². The molecule has 0 aliphatic rings. The molecule has 1 heterocycles. The molecular weight excluding hydrogens is 200 g/mol. The first kappa shape index (κ1) is 14.6. The molecule has 1 amide bonds. The first-order valence-electron chi connectivity index (χ1n) is 5.80. The zero-order valence-electron chi connectivity index (χ0n) is 10.9. The van der Waals surface area contributed by atoms with Crippen molar-refractivity contribution in [2.75, 3.05) is 6.54 Å². The van der Waals surface area contributed by atoms with Gasteiger partial charge in [0, 0.05) is 24.0 Å². The second kappa shape index (κ2) is 7.85. The van der Waals surface area contributed by atoms with E-state index in [1.54, 1.807) is 18.3 Å². The van der Waals surface area contributed by atoms with Crippen LogP contribution >= 0.6 is 0 Å². The van der Waals surface area contributed by atoms with E-state index < -0.39 is 0 Å². The van der Waals surface area contributed by atoms with Gasteiger partial charge >= 0.3 is 0 Å². The number of pyridine rings is 1. The first-order valence-corrected chi connectivity index (χ1v) is 5.80. The summed E-state index contributed by atoms with van der Waals surface area (Å²) in [4.78, 5) is 15.6. The van der Waals surface area contributed by atoms with Crippen LogP contribution in [0.4, 0.5) is 0 Å². The third-order valence-corrected chi connectivity index (χ3v) is 1.83. The Morgan fingerprint density at radius 1 is 1.44 bits per heavy atom. The van der Waals surface area contributed by atoms with Crippen LogP contribution in [0.2, 0.25) is 0 Å². The van der Waals surface area contributed by atoms with Gasteiger partial charge < -0.3 is 5.32 Å². The number of aromatic nitrogens is 1. The molecule has 16 heavy (non-hydrogen) atoms. The number of hydrogen-bond donors (Lipinski definition) is 1. The lowest BCUT2D eigenvalue weighted by atomic mass is 10.2. The van der Waals surface area contributed by atoms with Crippen LogP contribution in [0.15, 0.2) is 18.3 Å². The second-order valence-electron chi connectivity index (χ2n) is 3.79. The summed E-state index contributed by atoms with van der Waals surface area (Å²) in [5, 5.41) is 2.86. The highest BCUT2D eigenvalue weighted by molar-refractivity contribution is 5.94. The summed E-state index contributed by atoms with van der Waals surface area (Å²) < 4.78 is 0. The van der Waals surface area contributed by atoms with E-state index in [9.17, 15) is 4.79 Å². The van der Waals surface area contributed by atoms with Crippen LogP contribution in [-0.2, 0) is 0 Å². The number of nitrogens with one attached hydrogen (secondary N) is 1.